The summed E-state index contributed by atoms with van der Waals surface area (Å²) in [6.45, 7) is 7.41. The fourth-order valence-electron chi connectivity index (χ4n) is 3.17. The molecule has 0 aliphatic carbocycles. The van der Waals surface area contributed by atoms with Gasteiger partial charge < -0.3 is 14.9 Å². The summed E-state index contributed by atoms with van der Waals surface area (Å²) in [6, 6.07) is 0. The molecule has 1 aromatic heterocycles. The molecule has 1 N–H and O–H groups in total. The number of amides is 2. The van der Waals surface area contributed by atoms with Crippen LogP contribution in [0.1, 0.15) is 42.7 Å². The summed E-state index contributed by atoms with van der Waals surface area (Å²) >= 11 is 0. The van der Waals surface area contributed by atoms with Crippen molar-refractivity contribution >= 4 is 17.8 Å². The van der Waals surface area contributed by atoms with E-state index in [9.17, 15) is 14.4 Å². The fourth-order valence-corrected chi connectivity index (χ4v) is 3.17. The molecule has 1 aliphatic heterocycles. The van der Waals surface area contributed by atoms with Crippen molar-refractivity contribution in [3.05, 3.63) is 17.5 Å². The maximum Gasteiger partial charge on any atom is 0.308 e. The molecule has 1 aliphatic rings. The molecular weight excluding hydrogens is 336 g/mol. The predicted molar refractivity (Wildman–Crippen MR) is 95.7 cm³/mol. The Hall–Kier alpha value is -2.38. The average Bonchev–Trinajstić information content (AvgIpc) is 2.94. The third-order valence-corrected chi connectivity index (χ3v) is 4.71. The Bertz CT molecular complexity index is 683. The Labute approximate surface area is 153 Å². The van der Waals surface area contributed by atoms with Gasteiger partial charge in [-0.2, -0.15) is 5.10 Å². The van der Waals surface area contributed by atoms with Crippen LogP contribution in [0.2, 0.25) is 0 Å². The monoisotopic (exact) mass is 364 g/mol. The van der Waals surface area contributed by atoms with E-state index in [1.54, 1.807) is 22.8 Å². The molecule has 144 valence electrons. The third kappa shape index (κ3) is 4.62. The van der Waals surface area contributed by atoms with Crippen molar-refractivity contribution in [2.45, 2.75) is 40.2 Å². The number of rotatable bonds is 6. The van der Waals surface area contributed by atoms with Crippen LogP contribution in [0.15, 0.2) is 6.20 Å². The van der Waals surface area contributed by atoms with Crippen LogP contribution >= 0.6 is 0 Å². The van der Waals surface area contributed by atoms with Crippen LogP contribution in [-0.4, -0.2) is 69.2 Å². The summed E-state index contributed by atoms with van der Waals surface area (Å²) in [5.41, 5.74) is 1.27. The molecule has 2 rings (SSSR count). The number of piperidine rings is 1. The van der Waals surface area contributed by atoms with Gasteiger partial charge >= 0.3 is 5.97 Å². The maximum atomic E-state index is 12.7. The SMILES string of the molecule is Cc1c(C(=O)N(C)CC(=O)N2CCCC(C(=O)O)C2)cnn1CC(C)C. The van der Waals surface area contributed by atoms with Gasteiger partial charge in [-0.25, -0.2) is 0 Å². The van der Waals surface area contributed by atoms with E-state index in [0.717, 1.165) is 12.2 Å². The van der Waals surface area contributed by atoms with Gasteiger partial charge in [0.1, 0.15) is 0 Å². The number of carboxylic acid groups (broad SMARTS) is 1. The molecule has 2 amide bonds. The number of carbonyl (C=O) groups excluding carboxylic acids is 2. The molecule has 1 aromatic rings. The van der Waals surface area contributed by atoms with Crippen LogP contribution in [0.4, 0.5) is 0 Å². The van der Waals surface area contributed by atoms with Crippen LogP contribution in [0.25, 0.3) is 0 Å². The van der Waals surface area contributed by atoms with Gasteiger partial charge in [0.2, 0.25) is 5.91 Å². The van der Waals surface area contributed by atoms with Gasteiger partial charge in [0.05, 0.1) is 24.2 Å². The number of aliphatic carboxylic acids is 1. The highest BCUT2D eigenvalue weighted by Crippen LogP contribution is 2.17. The molecule has 0 bridgehead atoms. The summed E-state index contributed by atoms with van der Waals surface area (Å²) in [7, 11) is 1.58. The lowest BCUT2D eigenvalue weighted by atomic mass is 9.98. The molecule has 1 atom stereocenters. The first-order chi connectivity index (χ1) is 12.2. The van der Waals surface area contributed by atoms with Crippen molar-refractivity contribution in [3.63, 3.8) is 0 Å². The molecule has 1 unspecified atom stereocenters. The highest BCUT2D eigenvalue weighted by atomic mass is 16.4. The Morgan fingerprint density at radius 3 is 2.69 bits per heavy atom. The van der Waals surface area contributed by atoms with Crippen molar-refractivity contribution in [2.75, 3.05) is 26.7 Å². The van der Waals surface area contributed by atoms with Gasteiger partial charge in [0.25, 0.3) is 5.91 Å². The molecule has 1 saturated heterocycles. The highest BCUT2D eigenvalue weighted by molar-refractivity contribution is 5.97. The molecule has 26 heavy (non-hydrogen) atoms. The smallest absolute Gasteiger partial charge is 0.308 e. The standard InChI is InChI=1S/C18H28N4O4/c1-12(2)9-22-13(3)15(8-19-22)17(24)20(4)11-16(23)21-7-5-6-14(10-21)18(25)26/h8,12,14H,5-7,9-11H2,1-4H3,(H,25,26). The molecule has 0 saturated carbocycles. The van der Waals surface area contributed by atoms with Crippen LogP contribution < -0.4 is 0 Å². The summed E-state index contributed by atoms with van der Waals surface area (Å²) in [6.07, 6.45) is 2.80. The Morgan fingerprint density at radius 2 is 2.08 bits per heavy atom. The molecule has 1 fully saturated rings. The van der Waals surface area contributed by atoms with Crippen molar-refractivity contribution in [3.8, 4) is 0 Å². The van der Waals surface area contributed by atoms with Crippen LogP contribution in [0, 0.1) is 18.8 Å². The van der Waals surface area contributed by atoms with E-state index in [1.807, 2.05) is 6.92 Å². The molecule has 0 aromatic carbocycles. The normalized spacial score (nSPS) is 17.4. The number of nitrogens with zero attached hydrogens (tertiary/aromatic N) is 4. The number of likely N-dealkylation sites (N-methyl/N-ethyl adjacent to an activating group) is 1. The van der Waals surface area contributed by atoms with E-state index in [2.05, 4.69) is 18.9 Å². The van der Waals surface area contributed by atoms with Crippen LogP contribution in [0.3, 0.4) is 0 Å². The predicted octanol–water partition coefficient (Wildman–Crippen LogP) is 1.24. The lowest BCUT2D eigenvalue weighted by Crippen LogP contribution is -2.47. The molecular formula is C18H28N4O4. The quantitative estimate of drug-likeness (QED) is 0.819. The highest BCUT2D eigenvalue weighted by Gasteiger charge is 2.29. The third-order valence-electron chi connectivity index (χ3n) is 4.71. The minimum absolute atomic E-state index is 0.0695. The average molecular weight is 364 g/mol. The van der Waals surface area contributed by atoms with E-state index in [0.29, 0.717) is 30.9 Å². The van der Waals surface area contributed by atoms with Crippen molar-refractivity contribution in [1.29, 1.82) is 0 Å². The largest absolute Gasteiger partial charge is 0.481 e. The zero-order valence-corrected chi connectivity index (χ0v) is 15.9. The van der Waals surface area contributed by atoms with Gasteiger partial charge in [0, 0.05) is 32.4 Å². The van der Waals surface area contributed by atoms with Crippen molar-refractivity contribution in [1.82, 2.24) is 19.6 Å². The minimum Gasteiger partial charge on any atom is -0.481 e. The second-order valence-electron chi connectivity index (χ2n) is 7.40. The summed E-state index contributed by atoms with van der Waals surface area (Å²) < 4.78 is 1.80. The fraction of sp³-hybridized carbons (Fsp3) is 0.667. The van der Waals surface area contributed by atoms with Gasteiger partial charge in [-0.1, -0.05) is 13.8 Å². The van der Waals surface area contributed by atoms with E-state index in [4.69, 9.17) is 5.11 Å². The minimum atomic E-state index is -0.875. The van der Waals surface area contributed by atoms with E-state index in [-0.39, 0.29) is 24.9 Å². The number of carboxylic acids is 1. The van der Waals surface area contributed by atoms with Gasteiger partial charge in [0.15, 0.2) is 0 Å². The van der Waals surface area contributed by atoms with Gasteiger partial charge in [-0.3, -0.25) is 19.1 Å². The summed E-state index contributed by atoms with van der Waals surface area (Å²) in [4.78, 5) is 39.2. The molecule has 2 heterocycles. The van der Waals surface area contributed by atoms with Crippen molar-refractivity contribution < 1.29 is 19.5 Å². The Morgan fingerprint density at radius 1 is 1.38 bits per heavy atom. The number of aromatic nitrogens is 2. The molecule has 8 heteroatoms. The van der Waals surface area contributed by atoms with Crippen molar-refractivity contribution in [2.24, 2.45) is 11.8 Å². The topological polar surface area (TPSA) is 95.7 Å². The maximum absolute atomic E-state index is 12.7. The number of hydrogen-bond donors (Lipinski definition) is 1. The lowest BCUT2D eigenvalue weighted by molar-refractivity contribution is -0.145. The van der Waals surface area contributed by atoms with E-state index >= 15 is 0 Å². The lowest BCUT2D eigenvalue weighted by Gasteiger charge is -2.32. The van der Waals surface area contributed by atoms with E-state index in [1.165, 1.54) is 4.90 Å². The molecule has 8 nitrogen and oxygen atoms in total. The first-order valence-corrected chi connectivity index (χ1v) is 8.99. The first kappa shape index (κ1) is 19.9. The zero-order valence-electron chi connectivity index (χ0n) is 15.9. The van der Waals surface area contributed by atoms with Crippen LogP contribution in [0.5, 0.6) is 0 Å². The number of hydrogen-bond acceptors (Lipinski definition) is 4. The zero-order chi connectivity index (χ0) is 19.4. The first-order valence-electron chi connectivity index (χ1n) is 8.99. The number of likely N-dealkylation sites (tertiary alicyclic amines) is 1. The van der Waals surface area contributed by atoms with Gasteiger partial charge in [-0.05, 0) is 25.7 Å². The molecule has 0 spiro atoms. The number of carbonyl (C=O) groups is 3. The second-order valence-corrected chi connectivity index (χ2v) is 7.40. The van der Waals surface area contributed by atoms with Gasteiger partial charge in [-0.15, -0.1) is 0 Å². The molecule has 0 radical (unpaired) electrons. The van der Waals surface area contributed by atoms with Crippen LogP contribution in [-0.2, 0) is 16.1 Å². The second kappa shape index (κ2) is 8.33. The van der Waals surface area contributed by atoms with E-state index < -0.39 is 11.9 Å². The Balaban J connectivity index is 1.99. The summed E-state index contributed by atoms with van der Waals surface area (Å²) in [5, 5.41) is 13.4. The summed E-state index contributed by atoms with van der Waals surface area (Å²) in [5.74, 6) is -1.46. The Kier molecular flexibility index (Phi) is 6.39.